The lowest BCUT2D eigenvalue weighted by atomic mass is 9.72. The highest BCUT2D eigenvalue weighted by molar-refractivity contribution is 5.88. The third kappa shape index (κ3) is 4.57. The SMILES string of the molecule is O=C(N1CCC(Cn2cnc(C(F)(F)F)cc2=O)CC1)C1(c2ccccc2)CCOCC1. The number of amides is 1. The molecule has 1 aromatic carbocycles. The van der Waals surface area contributed by atoms with Crippen molar-refractivity contribution < 1.29 is 22.7 Å². The maximum atomic E-state index is 13.6. The Bertz CT molecular complexity index is 993. The first kappa shape index (κ1) is 22.5. The minimum Gasteiger partial charge on any atom is -0.381 e. The van der Waals surface area contributed by atoms with Crippen molar-refractivity contribution in [3.63, 3.8) is 0 Å². The molecule has 0 atom stereocenters. The van der Waals surface area contributed by atoms with E-state index < -0.39 is 22.8 Å². The van der Waals surface area contributed by atoms with Gasteiger partial charge in [-0.3, -0.25) is 14.2 Å². The molecule has 3 heterocycles. The van der Waals surface area contributed by atoms with Gasteiger partial charge in [0.05, 0.1) is 11.7 Å². The summed E-state index contributed by atoms with van der Waals surface area (Å²) in [5, 5.41) is 0. The number of carbonyl (C=O) groups is 1. The first-order chi connectivity index (χ1) is 15.3. The minimum absolute atomic E-state index is 0.0950. The molecule has 0 bridgehead atoms. The van der Waals surface area contributed by atoms with Crippen molar-refractivity contribution in [2.75, 3.05) is 26.3 Å². The minimum atomic E-state index is -4.64. The summed E-state index contributed by atoms with van der Waals surface area (Å²) in [6, 6.07) is 10.4. The standard InChI is InChI=1S/C23H26F3N3O3/c24-23(25,26)19-14-20(30)29(16-27-19)15-17-6-10-28(11-7-17)21(31)22(8-12-32-13-9-22)18-4-2-1-3-5-18/h1-5,14,16-17H,6-13,15H2. The number of halogens is 3. The number of benzene rings is 1. The molecule has 2 fully saturated rings. The quantitative estimate of drug-likeness (QED) is 0.719. The molecular formula is C23H26F3N3O3. The van der Waals surface area contributed by atoms with Crippen LogP contribution in [-0.2, 0) is 27.7 Å². The molecular weight excluding hydrogens is 423 g/mol. The molecule has 32 heavy (non-hydrogen) atoms. The number of nitrogens with zero attached hydrogens (tertiary/aromatic N) is 3. The van der Waals surface area contributed by atoms with Gasteiger partial charge in [0, 0.05) is 38.9 Å². The Morgan fingerprint density at radius 2 is 1.78 bits per heavy atom. The second kappa shape index (κ2) is 9.05. The van der Waals surface area contributed by atoms with Gasteiger partial charge in [-0.15, -0.1) is 0 Å². The van der Waals surface area contributed by atoms with Crippen molar-refractivity contribution in [1.29, 1.82) is 0 Å². The van der Waals surface area contributed by atoms with Crippen molar-refractivity contribution in [2.45, 2.75) is 43.8 Å². The van der Waals surface area contributed by atoms with Crippen molar-refractivity contribution in [3.05, 3.63) is 64.3 Å². The van der Waals surface area contributed by atoms with Crippen LogP contribution in [0.1, 0.15) is 36.9 Å². The Balaban J connectivity index is 1.42. The predicted molar refractivity (Wildman–Crippen MR) is 111 cm³/mol. The number of rotatable bonds is 4. The van der Waals surface area contributed by atoms with E-state index in [1.54, 1.807) is 0 Å². The van der Waals surface area contributed by atoms with Crippen LogP contribution < -0.4 is 5.56 Å². The number of carbonyl (C=O) groups excluding carboxylic acids is 1. The lowest BCUT2D eigenvalue weighted by Gasteiger charge is -2.42. The Morgan fingerprint density at radius 3 is 2.38 bits per heavy atom. The summed E-state index contributed by atoms with van der Waals surface area (Å²) in [6.07, 6.45) is -1.02. The fourth-order valence-corrected chi connectivity index (χ4v) is 4.72. The van der Waals surface area contributed by atoms with Crippen LogP contribution in [0.4, 0.5) is 13.2 Å². The summed E-state index contributed by atoms with van der Waals surface area (Å²) in [5.41, 5.74) is -1.46. The van der Waals surface area contributed by atoms with Crippen molar-refractivity contribution in [3.8, 4) is 0 Å². The summed E-state index contributed by atoms with van der Waals surface area (Å²) < 4.78 is 44.9. The first-order valence-corrected chi connectivity index (χ1v) is 10.9. The van der Waals surface area contributed by atoms with Gasteiger partial charge in [0.25, 0.3) is 5.56 Å². The summed E-state index contributed by atoms with van der Waals surface area (Å²) in [7, 11) is 0. The van der Waals surface area contributed by atoms with Crippen molar-refractivity contribution in [1.82, 2.24) is 14.5 Å². The second-order valence-corrected chi connectivity index (χ2v) is 8.56. The third-order valence-corrected chi connectivity index (χ3v) is 6.61. The predicted octanol–water partition coefficient (Wildman–Crippen LogP) is 3.25. The normalized spacial score (nSPS) is 19.7. The summed E-state index contributed by atoms with van der Waals surface area (Å²) in [6.45, 7) is 2.50. The van der Waals surface area contributed by atoms with Gasteiger partial charge in [0.2, 0.25) is 5.91 Å². The zero-order chi connectivity index (χ0) is 22.8. The van der Waals surface area contributed by atoms with E-state index in [2.05, 4.69) is 4.98 Å². The van der Waals surface area contributed by atoms with E-state index in [9.17, 15) is 22.8 Å². The maximum absolute atomic E-state index is 13.6. The monoisotopic (exact) mass is 449 g/mol. The van der Waals surface area contributed by atoms with Crippen molar-refractivity contribution in [2.24, 2.45) is 5.92 Å². The number of piperidine rings is 1. The van der Waals surface area contributed by atoms with Gasteiger partial charge in [0.15, 0.2) is 5.69 Å². The van der Waals surface area contributed by atoms with Crippen LogP contribution in [-0.4, -0.2) is 46.7 Å². The molecule has 2 aliphatic heterocycles. The zero-order valence-corrected chi connectivity index (χ0v) is 17.7. The summed E-state index contributed by atoms with van der Waals surface area (Å²) in [4.78, 5) is 31.0. The number of alkyl halides is 3. The van der Waals surface area contributed by atoms with Crippen molar-refractivity contribution >= 4 is 5.91 Å². The first-order valence-electron chi connectivity index (χ1n) is 10.9. The zero-order valence-electron chi connectivity index (χ0n) is 17.7. The Labute approximate surface area is 184 Å². The average Bonchev–Trinajstić information content (AvgIpc) is 2.81. The summed E-state index contributed by atoms with van der Waals surface area (Å²) in [5.74, 6) is 0.205. The second-order valence-electron chi connectivity index (χ2n) is 8.56. The number of hydrogen-bond acceptors (Lipinski definition) is 4. The molecule has 0 N–H and O–H groups in total. The largest absolute Gasteiger partial charge is 0.433 e. The van der Waals surface area contributed by atoms with E-state index in [-0.39, 0.29) is 11.8 Å². The Morgan fingerprint density at radius 1 is 1.12 bits per heavy atom. The Hall–Kier alpha value is -2.68. The highest BCUT2D eigenvalue weighted by Gasteiger charge is 2.44. The van der Waals surface area contributed by atoms with Crippen LogP contribution in [0.3, 0.4) is 0 Å². The van der Waals surface area contributed by atoms with Crippen LogP contribution in [0.5, 0.6) is 0 Å². The topological polar surface area (TPSA) is 64.4 Å². The maximum Gasteiger partial charge on any atom is 0.433 e. The number of aromatic nitrogens is 2. The molecule has 2 aromatic rings. The molecule has 1 aromatic heterocycles. The lowest BCUT2D eigenvalue weighted by Crippen LogP contribution is -2.52. The molecule has 6 nitrogen and oxygen atoms in total. The molecule has 0 radical (unpaired) electrons. The fraction of sp³-hybridized carbons (Fsp3) is 0.522. The van der Waals surface area contributed by atoms with Gasteiger partial charge in [-0.25, -0.2) is 4.98 Å². The van der Waals surface area contributed by atoms with E-state index in [0.29, 0.717) is 64.6 Å². The molecule has 0 aliphatic carbocycles. The fourth-order valence-electron chi connectivity index (χ4n) is 4.72. The number of hydrogen-bond donors (Lipinski definition) is 0. The molecule has 172 valence electrons. The smallest absolute Gasteiger partial charge is 0.381 e. The van der Waals surface area contributed by atoms with Gasteiger partial charge in [-0.1, -0.05) is 30.3 Å². The molecule has 2 saturated heterocycles. The van der Waals surface area contributed by atoms with E-state index in [1.165, 1.54) is 4.57 Å². The molecule has 4 rings (SSSR count). The van der Waals surface area contributed by atoms with Gasteiger partial charge in [-0.2, -0.15) is 13.2 Å². The highest BCUT2D eigenvalue weighted by Crippen LogP contribution is 2.37. The van der Waals surface area contributed by atoms with Crippen LogP contribution in [0, 0.1) is 5.92 Å². The van der Waals surface area contributed by atoms with Crippen LogP contribution in [0.15, 0.2) is 47.5 Å². The summed E-state index contributed by atoms with van der Waals surface area (Å²) >= 11 is 0. The van der Waals surface area contributed by atoms with Gasteiger partial charge in [-0.05, 0) is 37.2 Å². The molecule has 1 amide bonds. The van der Waals surface area contributed by atoms with E-state index in [1.807, 2.05) is 35.2 Å². The molecule has 0 spiro atoms. The molecule has 2 aliphatic rings. The highest BCUT2D eigenvalue weighted by atomic mass is 19.4. The number of ether oxygens (including phenoxy) is 1. The van der Waals surface area contributed by atoms with E-state index in [0.717, 1.165) is 11.9 Å². The third-order valence-electron chi connectivity index (χ3n) is 6.61. The average molecular weight is 449 g/mol. The number of likely N-dealkylation sites (tertiary alicyclic amines) is 1. The van der Waals surface area contributed by atoms with E-state index in [4.69, 9.17) is 4.74 Å². The van der Waals surface area contributed by atoms with Gasteiger partial charge >= 0.3 is 6.18 Å². The van der Waals surface area contributed by atoms with E-state index >= 15 is 0 Å². The van der Waals surface area contributed by atoms with Gasteiger partial charge in [0.1, 0.15) is 0 Å². The molecule has 0 unspecified atom stereocenters. The Kier molecular flexibility index (Phi) is 6.37. The van der Waals surface area contributed by atoms with Crippen LogP contribution in [0.2, 0.25) is 0 Å². The molecule has 9 heteroatoms. The van der Waals surface area contributed by atoms with Crippen LogP contribution >= 0.6 is 0 Å². The van der Waals surface area contributed by atoms with Gasteiger partial charge < -0.3 is 9.64 Å². The lowest BCUT2D eigenvalue weighted by molar-refractivity contribution is -0.143. The van der Waals surface area contributed by atoms with Crippen LogP contribution in [0.25, 0.3) is 0 Å². The molecule has 0 saturated carbocycles.